The monoisotopic (exact) mass is 278 g/mol. The van der Waals surface area contributed by atoms with Crippen LogP contribution in [0.15, 0.2) is 12.1 Å². The van der Waals surface area contributed by atoms with Crippen LogP contribution < -0.4 is 20.5 Å². The highest BCUT2D eigenvalue weighted by molar-refractivity contribution is 5.95. The van der Waals surface area contributed by atoms with Gasteiger partial charge in [-0.05, 0) is 19.3 Å². The van der Waals surface area contributed by atoms with Crippen molar-refractivity contribution in [1.82, 2.24) is 0 Å². The molecule has 0 bridgehead atoms. The van der Waals surface area contributed by atoms with Crippen LogP contribution in [0.3, 0.4) is 0 Å². The predicted octanol–water partition coefficient (Wildman–Crippen LogP) is 1.90. The van der Waals surface area contributed by atoms with Gasteiger partial charge in [0, 0.05) is 19.2 Å². The van der Waals surface area contributed by atoms with Gasteiger partial charge in [0.15, 0.2) is 11.5 Å². The number of amides is 1. The van der Waals surface area contributed by atoms with Crippen molar-refractivity contribution >= 4 is 17.3 Å². The smallest absolute Gasteiger partial charge is 0.231 e. The van der Waals surface area contributed by atoms with E-state index in [-0.39, 0.29) is 18.3 Å². The van der Waals surface area contributed by atoms with E-state index in [9.17, 15) is 4.79 Å². The van der Waals surface area contributed by atoms with Crippen LogP contribution in [-0.2, 0) is 9.53 Å². The number of ether oxygens (including phenoxy) is 3. The van der Waals surface area contributed by atoms with Crippen molar-refractivity contribution in [3.63, 3.8) is 0 Å². The molecule has 3 N–H and O–H groups in total. The van der Waals surface area contributed by atoms with Crippen LogP contribution in [0.25, 0.3) is 0 Å². The summed E-state index contributed by atoms with van der Waals surface area (Å²) in [5.74, 6) is 1.10. The van der Waals surface area contributed by atoms with Crippen molar-refractivity contribution in [2.24, 2.45) is 0 Å². The van der Waals surface area contributed by atoms with E-state index in [2.05, 4.69) is 5.32 Å². The van der Waals surface area contributed by atoms with E-state index in [1.165, 1.54) is 0 Å². The third-order valence-electron chi connectivity index (χ3n) is 4.00. The highest BCUT2D eigenvalue weighted by Crippen LogP contribution is 2.40. The molecule has 1 aliphatic carbocycles. The molecule has 0 aromatic heterocycles. The number of hydrogen-bond donors (Lipinski definition) is 2. The summed E-state index contributed by atoms with van der Waals surface area (Å²) in [6.45, 7) is 0.180. The molecule has 1 saturated carbocycles. The number of nitrogens with two attached hydrogens (primary N) is 1. The van der Waals surface area contributed by atoms with Crippen molar-refractivity contribution in [3.8, 4) is 11.5 Å². The second kappa shape index (κ2) is 4.86. The van der Waals surface area contributed by atoms with Crippen molar-refractivity contribution in [2.45, 2.75) is 31.3 Å². The highest BCUT2D eigenvalue weighted by Gasteiger charge is 2.39. The van der Waals surface area contributed by atoms with Crippen LogP contribution in [-0.4, -0.2) is 25.4 Å². The summed E-state index contributed by atoms with van der Waals surface area (Å²) in [5, 5.41) is 2.82. The third-order valence-corrected chi connectivity index (χ3v) is 4.00. The molecular weight excluding hydrogens is 260 g/mol. The number of fused-ring (bicyclic) bond motifs is 1. The van der Waals surface area contributed by atoms with Crippen LogP contribution in [0.5, 0.6) is 11.5 Å². The molecule has 1 aliphatic heterocycles. The molecule has 1 aromatic carbocycles. The van der Waals surface area contributed by atoms with Gasteiger partial charge in [0.2, 0.25) is 12.7 Å². The SMILES string of the molecule is COC1(CC(=O)Nc2cc3c(cc2N)OCO3)CCC1. The summed E-state index contributed by atoms with van der Waals surface area (Å²) in [4.78, 5) is 12.1. The first-order valence-electron chi connectivity index (χ1n) is 6.66. The summed E-state index contributed by atoms with van der Waals surface area (Å²) in [6.07, 6.45) is 3.30. The number of rotatable bonds is 4. The molecule has 6 nitrogen and oxygen atoms in total. The maximum Gasteiger partial charge on any atom is 0.231 e. The van der Waals surface area contributed by atoms with Crippen LogP contribution in [0.1, 0.15) is 25.7 Å². The lowest BCUT2D eigenvalue weighted by Crippen LogP contribution is -2.42. The average Bonchev–Trinajstić information content (AvgIpc) is 2.81. The summed E-state index contributed by atoms with van der Waals surface area (Å²) in [7, 11) is 1.65. The molecular formula is C14H18N2O4. The lowest BCUT2D eigenvalue weighted by atomic mass is 9.77. The van der Waals surface area contributed by atoms with E-state index >= 15 is 0 Å². The molecule has 0 radical (unpaired) electrons. The quantitative estimate of drug-likeness (QED) is 0.822. The molecule has 3 rings (SSSR count). The predicted molar refractivity (Wildman–Crippen MR) is 73.8 cm³/mol. The van der Waals surface area contributed by atoms with Crippen molar-refractivity contribution in [1.29, 1.82) is 0 Å². The maximum atomic E-state index is 12.1. The molecule has 0 atom stereocenters. The van der Waals surface area contributed by atoms with Gasteiger partial charge in [0.25, 0.3) is 0 Å². The molecule has 0 saturated heterocycles. The summed E-state index contributed by atoms with van der Waals surface area (Å²) < 4.78 is 16.0. The molecule has 0 unspecified atom stereocenters. The van der Waals surface area contributed by atoms with E-state index in [4.69, 9.17) is 19.9 Å². The standard InChI is InChI=1S/C14H18N2O4/c1-18-14(3-2-4-14)7-13(17)16-10-6-12-11(5-9(10)15)19-8-20-12/h5-6H,2-4,7-8,15H2,1H3,(H,16,17). The molecule has 1 amide bonds. The number of nitrogens with one attached hydrogen (secondary N) is 1. The molecule has 2 aliphatic rings. The Balaban J connectivity index is 1.70. The lowest BCUT2D eigenvalue weighted by molar-refractivity contribution is -0.129. The molecule has 20 heavy (non-hydrogen) atoms. The summed E-state index contributed by atoms with van der Waals surface area (Å²) in [5.41, 5.74) is 6.61. The van der Waals surface area contributed by atoms with Crippen LogP contribution >= 0.6 is 0 Å². The van der Waals surface area contributed by atoms with Crippen LogP contribution in [0.2, 0.25) is 0 Å². The summed E-state index contributed by atoms with van der Waals surface area (Å²) in [6, 6.07) is 3.35. The Morgan fingerprint density at radius 1 is 1.40 bits per heavy atom. The minimum Gasteiger partial charge on any atom is -0.454 e. The zero-order chi connectivity index (χ0) is 14.2. The fourth-order valence-electron chi connectivity index (χ4n) is 2.58. The molecule has 1 fully saturated rings. The first kappa shape index (κ1) is 13.1. The van der Waals surface area contributed by atoms with Gasteiger partial charge >= 0.3 is 0 Å². The van der Waals surface area contributed by atoms with E-state index in [1.807, 2.05) is 0 Å². The van der Waals surface area contributed by atoms with Gasteiger partial charge in [-0.2, -0.15) is 0 Å². The van der Waals surface area contributed by atoms with Crippen molar-refractivity contribution in [2.75, 3.05) is 25.0 Å². The maximum absolute atomic E-state index is 12.1. The third kappa shape index (κ3) is 2.27. The van der Waals surface area contributed by atoms with Gasteiger partial charge in [-0.1, -0.05) is 0 Å². The summed E-state index contributed by atoms with van der Waals surface area (Å²) >= 11 is 0. The molecule has 108 valence electrons. The normalized spacial score (nSPS) is 18.4. The van der Waals surface area contributed by atoms with Crippen molar-refractivity contribution in [3.05, 3.63) is 12.1 Å². The number of carbonyl (C=O) groups excluding carboxylic acids is 1. The molecule has 1 heterocycles. The fraction of sp³-hybridized carbons (Fsp3) is 0.500. The molecule has 6 heteroatoms. The minimum atomic E-state index is -0.296. The number of carbonyl (C=O) groups is 1. The Hall–Kier alpha value is -1.95. The van der Waals surface area contributed by atoms with Crippen LogP contribution in [0, 0.1) is 0 Å². The van der Waals surface area contributed by atoms with E-state index in [1.54, 1.807) is 19.2 Å². The number of benzene rings is 1. The van der Waals surface area contributed by atoms with Gasteiger partial charge in [-0.3, -0.25) is 4.79 Å². The lowest BCUT2D eigenvalue weighted by Gasteiger charge is -2.39. The van der Waals surface area contributed by atoms with Gasteiger partial charge < -0.3 is 25.3 Å². The fourth-order valence-corrected chi connectivity index (χ4v) is 2.58. The zero-order valence-electron chi connectivity index (χ0n) is 11.4. The second-order valence-electron chi connectivity index (χ2n) is 5.26. The Morgan fingerprint density at radius 2 is 2.10 bits per heavy atom. The zero-order valence-corrected chi connectivity index (χ0v) is 11.4. The molecule has 0 spiro atoms. The second-order valence-corrected chi connectivity index (χ2v) is 5.26. The number of nitrogen functional groups attached to an aromatic ring is 1. The average molecular weight is 278 g/mol. The first-order chi connectivity index (χ1) is 9.62. The Labute approximate surface area is 117 Å². The highest BCUT2D eigenvalue weighted by atomic mass is 16.7. The van der Waals surface area contributed by atoms with Gasteiger partial charge in [-0.25, -0.2) is 0 Å². The number of anilines is 2. The Kier molecular flexibility index (Phi) is 3.17. The van der Waals surface area contributed by atoms with E-state index < -0.39 is 0 Å². The minimum absolute atomic E-state index is 0.0999. The Bertz CT molecular complexity index is 535. The van der Waals surface area contributed by atoms with E-state index in [0.29, 0.717) is 29.3 Å². The molecule has 1 aromatic rings. The van der Waals surface area contributed by atoms with E-state index in [0.717, 1.165) is 19.3 Å². The first-order valence-corrected chi connectivity index (χ1v) is 6.66. The Morgan fingerprint density at radius 3 is 2.70 bits per heavy atom. The van der Waals surface area contributed by atoms with Gasteiger partial charge in [0.05, 0.1) is 23.4 Å². The van der Waals surface area contributed by atoms with Gasteiger partial charge in [-0.15, -0.1) is 0 Å². The van der Waals surface area contributed by atoms with Gasteiger partial charge in [0.1, 0.15) is 0 Å². The largest absolute Gasteiger partial charge is 0.454 e. The van der Waals surface area contributed by atoms with Crippen LogP contribution in [0.4, 0.5) is 11.4 Å². The topological polar surface area (TPSA) is 82.8 Å². The van der Waals surface area contributed by atoms with Crippen molar-refractivity contribution < 1.29 is 19.0 Å². The number of hydrogen-bond acceptors (Lipinski definition) is 5. The number of methoxy groups -OCH3 is 1.